The molecule has 0 spiro atoms. The summed E-state index contributed by atoms with van der Waals surface area (Å²) in [6.07, 6.45) is 5.03. The molecular formula is C16H19N3OS. The summed E-state index contributed by atoms with van der Waals surface area (Å²) in [7, 11) is 0. The number of pyridine rings is 1. The Labute approximate surface area is 128 Å². The number of amides is 1. The van der Waals surface area contributed by atoms with E-state index in [2.05, 4.69) is 27.1 Å². The molecule has 1 fully saturated rings. The van der Waals surface area contributed by atoms with E-state index in [0.717, 1.165) is 31.6 Å². The number of nitrogens with one attached hydrogen (secondary N) is 1. The monoisotopic (exact) mass is 301 g/mol. The predicted molar refractivity (Wildman–Crippen MR) is 84.2 cm³/mol. The molecule has 4 nitrogen and oxygen atoms in total. The number of aryl methyl sites for hydroxylation is 1. The van der Waals surface area contributed by atoms with Gasteiger partial charge in [0.15, 0.2) is 0 Å². The Morgan fingerprint density at radius 2 is 2.43 bits per heavy atom. The maximum absolute atomic E-state index is 12.6. The van der Waals surface area contributed by atoms with Crippen molar-refractivity contribution in [3.05, 3.63) is 52.5 Å². The summed E-state index contributed by atoms with van der Waals surface area (Å²) in [5.74, 6) is 0.233. The molecule has 0 saturated carbocycles. The summed E-state index contributed by atoms with van der Waals surface area (Å²) < 4.78 is 0. The highest BCUT2D eigenvalue weighted by Crippen LogP contribution is 2.22. The van der Waals surface area contributed by atoms with E-state index in [4.69, 9.17) is 0 Å². The van der Waals surface area contributed by atoms with Crippen molar-refractivity contribution in [2.24, 2.45) is 0 Å². The van der Waals surface area contributed by atoms with Crippen LogP contribution in [0.15, 0.2) is 41.4 Å². The summed E-state index contributed by atoms with van der Waals surface area (Å²) in [5.41, 5.74) is 2.36. The number of rotatable bonds is 4. The van der Waals surface area contributed by atoms with E-state index in [9.17, 15) is 4.79 Å². The number of thiophene rings is 1. The first-order chi connectivity index (χ1) is 10.3. The Morgan fingerprint density at radius 3 is 3.19 bits per heavy atom. The van der Waals surface area contributed by atoms with Crippen LogP contribution in [0.3, 0.4) is 0 Å². The largest absolute Gasteiger partial charge is 0.333 e. The van der Waals surface area contributed by atoms with Gasteiger partial charge in [0.05, 0.1) is 6.04 Å². The molecule has 21 heavy (non-hydrogen) atoms. The molecule has 3 rings (SSSR count). The van der Waals surface area contributed by atoms with E-state index in [1.54, 1.807) is 17.5 Å². The number of piperazine rings is 1. The minimum Gasteiger partial charge on any atom is -0.333 e. The molecule has 0 aliphatic carbocycles. The number of carbonyl (C=O) groups excluding carboxylic acids is 1. The first kappa shape index (κ1) is 14.2. The molecule has 1 N–H and O–H groups in total. The Kier molecular flexibility index (Phi) is 4.62. The number of hydrogen-bond acceptors (Lipinski definition) is 4. The van der Waals surface area contributed by atoms with E-state index in [-0.39, 0.29) is 11.9 Å². The Hall–Kier alpha value is -1.72. The highest BCUT2D eigenvalue weighted by atomic mass is 32.1. The van der Waals surface area contributed by atoms with Gasteiger partial charge in [-0.05, 0) is 40.4 Å². The third kappa shape index (κ3) is 3.49. The standard InChI is InChI=1S/C16H19N3OS/c20-16(4-3-13-5-9-21-12-13)19-8-7-18-11-15(19)14-2-1-6-17-10-14/h1-2,5-6,9-10,12,15,18H,3-4,7-8,11H2. The minimum atomic E-state index is 0.0995. The second-order valence-electron chi connectivity index (χ2n) is 5.23. The number of hydrogen-bond donors (Lipinski definition) is 1. The van der Waals surface area contributed by atoms with Crippen molar-refractivity contribution in [1.82, 2.24) is 15.2 Å². The molecule has 0 bridgehead atoms. The normalized spacial score (nSPS) is 18.7. The topological polar surface area (TPSA) is 45.2 Å². The van der Waals surface area contributed by atoms with E-state index in [0.29, 0.717) is 6.42 Å². The van der Waals surface area contributed by atoms with E-state index < -0.39 is 0 Å². The summed E-state index contributed by atoms with van der Waals surface area (Å²) in [5, 5.41) is 7.54. The van der Waals surface area contributed by atoms with Gasteiger partial charge in [0.1, 0.15) is 0 Å². The fourth-order valence-electron chi connectivity index (χ4n) is 2.70. The molecule has 1 atom stereocenters. The molecule has 5 heteroatoms. The first-order valence-corrected chi connectivity index (χ1v) is 8.20. The van der Waals surface area contributed by atoms with Gasteiger partial charge in [-0.15, -0.1) is 0 Å². The molecule has 110 valence electrons. The number of carbonyl (C=O) groups is 1. The molecule has 2 aromatic heterocycles. The van der Waals surface area contributed by atoms with Gasteiger partial charge >= 0.3 is 0 Å². The Bertz CT molecular complexity index is 570. The maximum atomic E-state index is 12.6. The van der Waals surface area contributed by atoms with Crippen molar-refractivity contribution in [3.8, 4) is 0 Å². The number of aromatic nitrogens is 1. The molecule has 1 unspecified atom stereocenters. The van der Waals surface area contributed by atoms with Gasteiger partial charge in [-0.25, -0.2) is 0 Å². The van der Waals surface area contributed by atoms with Crippen LogP contribution >= 0.6 is 11.3 Å². The highest BCUT2D eigenvalue weighted by molar-refractivity contribution is 7.07. The van der Waals surface area contributed by atoms with Crippen LogP contribution in [0.2, 0.25) is 0 Å². The molecule has 1 aliphatic heterocycles. The lowest BCUT2D eigenvalue weighted by atomic mass is 10.0. The third-order valence-electron chi connectivity index (χ3n) is 3.84. The first-order valence-electron chi connectivity index (χ1n) is 7.26. The average molecular weight is 301 g/mol. The van der Waals surface area contributed by atoms with Crippen LogP contribution in [0.1, 0.15) is 23.6 Å². The molecule has 1 aliphatic rings. The zero-order chi connectivity index (χ0) is 14.5. The summed E-state index contributed by atoms with van der Waals surface area (Å²) in [6.45, 7) is 2.43. The molecular weight excluding hydrogens is 282 g/mol. The van der Waals surface area contributed by atoms with Crippen molar-refractivity contribution in [2.45, 2.75) is 18.9 Å². The minimum absolute atomic E-state index is 0.0995. The lowest BCUT2D eigenvalue weighted by Gasteiger charge is -2.36. The fourth-order valence-corrected chi connectivity index (χ4v) is 3.41. The lowest BCUT2D eigenvalue weighted by Crippen LogP contribution is -2.48. The summed E-state index contributed by atoms with van der Waals surface area (Å²) in [4.78, 5) is 18.7. The van der Waals surface area contributed by atoms with Gasteiger partial charge in [0.25, 0.3) is 0 Å². The van der Waals surface area contributed by atoms with Crippen LogP contribution in [0.5, 0.6) is 0 Å². The van der Waals surface area contributed by atoms with Gasteiger partial charge in [-0.1, -0.05) is 6.07 Å². The predicted octanol–water partition coefficient (Wildman–Crippen LogP) is 2.25. The lowest BCUT2D eigenvalue weighted by molar-refractivity contribution is -0.134. The maximum Gasteiger partial charge on any atom is 0.223 e. The molecule has 0 aromatic carbocycles. The molecule has 1 amide bonds. The van der Waals surface area contributed by atoms with Crippen LogP contribution < -0.4 is 5.32 Å². The Morgan fingerprint density at radius 1 is 1.48 bits per heavy atom. The summed E-state index contributed by atoms with van der Waals surface area (Å²) >= 11 is 1.68. The second kappa shape index (κ2) is 6.83. The zero-order valence-corrected chi connectivity index (χ0v) is 12.7. The van der Waals surface area contributed by atoms with Crippen molar-refractivity contribution in [3.63, 3.8) is 0 Å². The number of nitrogens with zero attached hydrogens (tertiary/aromatic N) is 2. The molecule has 0 radical (unpaired) electrons. The zero-order valence-electron chi connectivity index (χ0n) is 11.9. The van der Waals surface area contributed by atoms with Gasteiger partial charge < -0.3 is 10.2 Å². The van der Waals surface area contributed by atoms with E-state index >= 15 is 0 Å². The van der Waals surface area contributed by atoms with Crippen molar-refractivity contribution in [1.29, 1.82) is 0 Å². The van der Waals surface area contributed by atoms with Crippen LogP contribution in [-0.4, -0.2) is 35.4 Å². The SMILES string of the molecule is O=C(CCc1ccsc1)N1CCNCC1c1cccnc1. The Balaban J connectivity index is 1.67. The van der Waals surface area contributed by atoms with Gasteiger partial charge in [-0.2, -0.15) is 11.3 Å². The van der Waals surface area contributed by atoms with E-state index in [1.165, 1.54) is 5.56 Å². The second-order valence-corrected chi connectivity index (χ2v) is 6.01. The van der Waals surface area contributed by atoms with Crippen molar-refractivity contribution in [2.75, 3.05) is 19.6 Å². The van der Waals surface area contributed by atoms with Crippen molar-refractivity contribution < 1.29 is 4.79 Å². The smallest absolute Gasteiger partial charge is 0.223 e. The molecule has 2 aromatic rings. The van der Waals surface area contributed by atoms with Gasteiger partial charge in [0, 0.05) is 38.4 Å². The average Bonchev–Trinajstić information content (AvgIpc) is 3.07. The van der Waals surface area contributed by atoms with E-state index in [1.807, 2.05) is 23.2 Å². The highest BCUT2D eigenvalue weighted by Gasteiger charge is 2.27. The third-order valence-corrected chi connectivity index (χ3v) is 4.57. The van der Waals surface area contributed by atoms with Crippen LogP contribution in [0.25, 0.3) is 0 Å². The van der Waals surface area contributed by atoms with Gasteiger partial charge in [0.2, 0.25) is 5.91 Å². The van der Waals surface area contributed by atoms with Crippen LogP contribution in [-0.2, 0) is 11.2 Å². The molecule has 1 saturated heterocycles. The van der Waals surface area contributed by atoms with Crippen molar-refractivity contribution >= 4 is 17.2 Å². The quantitative estimate of drug-likeness (QED) is 0.942. The fraction of sp³-hybridized carbons (Fsp3) is 0.375. The molecule has 3 heterocycles. The van der Waals surface area contributed by atoms with Crippen LogP contribution in [0, 0.1) is 0 Å². The summed E-state index contributed by atoms with van der Waals surface area (Å²) in [6, 6.07) is 6.17. The van der Waals surface area contributed by atoms with Crippen LogP contribution in [0.4, 0.5) is 0 Å². The van der Waals surface area contributed by atoms with Gasteiger partial charge in [-0.3, -0.25) is 9.78 Å².